The van der Waals surface area contributed by atoms with Gasteiger partial charge < -0.3 is 5.32 Å². The molecule has 1 heterocycles. The Morgan fingerprint density at radius 3 is 2.72 bits per heavy atom. The highest BCUT2D eigenvalue weighted by Gasteiger charge is 2.32. The van der Waals surface area contributed by atoms with E-state index in [1.165, 1.54) is 32.0 Å². The van der Waals surface area contributed by atoms with Crippen molar-refractivity contribution in [2.75, 3.05) is 18.1 Å². The van der Waals surface area contributed by atoms with Crippen LogP contribution < -0.4 is 5.32 Å². The van der Waals surface area contributed by atoms with Gasteiger partial charge >= 0.3 is 0 Å². The zero-order valence-electron chi connectivity index (χ0n) is 11.0. The second-order valence-electron chi connectivity index (χ2n) is 4.79. The molecule has 3 nitrogen and oxygen atoms in total. The van der Waals surface area contributed by atoms with E-state index in [4.69, 9.17) is 11.6 Å². The van der Waals surface area contributed by atoms with E-state index in [1.54, 1.807) is 0 Å². The molecular formula is C13H20ClN3S. The summed E-state index contributed by atoms with van der Waals surface area (Å²) in [5.74, 6) is 0.901. The molecule has 0 saturated heterocycles. The van der Waals surface area contributed by atoms with E-state index in [2.05, 4.69) is 28.5 Å². The molecule has 1 aliphatic carbocycles. The maximum Gasteiger partial charge on any atom is 0.137 e. The standard InChI is InChI=1S/C13H20ClN3S/c1-3-10-11(14)16-9-17-12(10)15-8-13(18-2)6-4-5-7-13/h9H,3-8H2,1-2H3,(H,15,16,17). The molecule has 1 N–H and O–H groups in total. The molecule has 18 heavy (non-hydrogen) atoms. The second-order valence-corrected chi connectivity index (χ2v) is 6.43. The minimum absolute atomic E-state index is 0.377. The molecule has 0 radical (unpaired) electrons. The zero-order chi connectivity index (χ0) is 13.0. The third-order valence-electron chi connectivity index (χ3n) is 3.77. The van der Waals surface area contributed by atoms with Crippen LogP contribution in [0.25, 0.3) is 0 Å². The fourth-order valence-electron chi connectivity index (χ4n) is 2.57. The third kappa shape index (κ3) is 2.91. The van der Waals surface area contributed by atoms with E-state index >= 15 is 0 Å². The van der Waals surface area contributed by atoms with Gasteiger partial charge in [0.1, 0.15) is 17.3 Å². The highest BCUT2D eigenvalue weighted by molar-refractivity contribution is 8.00. The van der Waals surface area contributed by atoms with Crippen molar-refractivity contribution >= 4 is 29.2 Å². The molecular weight excluding hydrogens is 266 g/mol. The first kappa shape index (κ1) is 13.9. The van der Waals surface area contributed by atoms with E-state index < -0.39 is 0 Å². The Kier molecular flexibility index (Phi) is 4.73. The number of rotatable bonds is 5. The first-order valence-electron chi connectivity index (χ1n) is 6.49. The van der Waals surface area contributed by atoms with Crippen LogP contribution in [0.1, 0.15) is 38.2 Å². The maximum atomic E-state index is 6.10. The van der Waals surface area contributed by atoms with E-state index in [0.29, 0.717) is 9.90 Å². The van der Waals surface area contributed by atoms with Gasteiger partial charge in [-0.3, -0.25) is 0 Å². The first-order chi connectivity index (χ1) is 8.71. The molecule has 0 unspecified atom stereocenters. The lowest BCUT2D eigenvalue weighted by Gasteiger charge is -2.27. The van der Waals surface area contributed by atoms with E-state index in [1.807, 2.05) is 11.8 Å². The van der Waals surface area contributed by atoms with Crippen LogP contribution in [0.15, 0.2) is 6.33 Å². The Bertz CT molecular complexity index is 405. The third-order valence-corrected chi connectivity index (χ3v) is 5.52. The van der Waals surface area contributed by atoms with Crippen molar-refractivity contribution in [2.45, 2.75) is 43.8 Å². The molecule has 0 amide bonds. The van der Waals surface area contributed by atoms with Gasteiger partial charge in [0.05, 0.1) is 0 Å². The molecule has 5 heteroatoms. The number of aromatic nitrogens is 2. The van der Waals surface area contributed by atoms with Crippen molar-refractivity contribution in [3.63, 3.8) is 0 Å². The minimum atomic E-state index is 0.377. The molecule has 0 atom stereocenters. The van der Waals surface area contributed by atoms with E-state index in [-0.39, 0.29) is 0 Å². The highest BCUT2D eigenvalue weighted by Crippen LogP contribution is 2.40. The lowest BCUT2D eigenvalue weighted by molar-refractivity contribution is 0.638. The van der Waals surface area contributed by atoms with Gasteiger partial charge in [-0.2, -0.15) is 11.8 Å². The number of hydrogen-bond donors (Lipinski definition) is 1. The maximum absolute atomic E-state index is 6.10. The van der Waals surface area contributed by atoms with Crippen LogP contribution >= 0.6 is 23.4 Å². The van der Waals surface area contributed by atoms with Crippen LogP contribution in [0, 0.1) is 0 Å². The molecule has 0 aromatic carbocycles. The van der Waals surface area contributed by atoms with Gasteiger partial charge in [0.2, 0.25) is 0 Å². The fourth-order valence-corrected chi connectivity index (χ4v) is 3.75. The number of nitrogens with one attached hydrogen (secondary N) is 1. The minimum Gasteiger partial charge on any atom is -0.368 e. The fraction of sp³-hybridized carbons (Fsp3) is 0.692. The molecule has 0 aliphatic heterocycles. The summed E-state index contributed by atoms with van der Waals surface area (Å²) >= 11 is 8.08. The summed E-state index contributed by atoms with van der Waals surface area (Å²) < 4.78 is 0.377. The van der Waals surface area contributed by atoms with Gasteiger partial charge in [0.15, 0.2) is 0 Å². The van der Waals surface area contributed by atoms with Gasteiger partial charge in [-0.05, 0) is 25.5 Å². The zero-order valence-corrected chi connectivity index (χ0v) is 12.6. The monoisotopic (exact) mass is 285 g/mol. The van der Waals surface area contributed by atoms with Gasteiger partial charge in [0.25, 0.3) is 0 Å². The molecule has 1 aromatic heterocycles. The largest absolute Gasteiger partial charge is 0.368 e. The predicted molar refractivity (Wildman–Crippen MR) is 79.6 cm³/mol. The molecule has 0 spiro atoms. The summed E-state index contributed by atoms with van der Waals surface area (Å²) in [6.07, 6.45) is 9.86. The number of halogens is 1. The van der Waals surface area contributed by atoms with Crippen LogP contribution in [0.3, 0.4) is 0 Å². The van der Waals surface area contributed by atoms with E-state index in [0.717, 1.165) is 24.3 Å². The average molecular weight is 286 g/mol. The van der Waals surface area contributed by atoms with Crippen LogP contribution in [-0.2, 0) is 6.42 Å². The molecule has 1 saturated carbocycles. The van der Waals surface area contributed by atoms with Crippen LogP contribution in [0.5, 0.6) is 0 Å². The summed E-state index contributed by atoms with van der Waals surface area (Å²) in [4.78, 5) is 8.36. The van der Waals surface area contributed by atoms with Crippen LogP contribution in [-0.4, -0.2) is 27.5 Å². The number of thioether (sulfide) groups is 1. The Labute approximate surface area is 118 Å². The van der Waals surface area contributed by atoms with Crippen molar-refractivity contribution in [3.05, 3.63) is 17.0 Å². The normalized spacial score (nSPS) is 17.9. The Balaban J connectivity index is 2.08. The Morgan fingerprint density at radius 2 is 2.11 bits per heavy atom. The summed E-state index contributed by atoms with van der Waals surface area (Å²) in [7, 11) is 0. The number of hydrogen-bond acceptors (Lipinski definition) is 4. The average Bonchev–Trinajstić information content (AvgIpc) is 2.86. The van der Waals surface area contributed by atoms with Crippen molar-refractivity contribution < 1.29 is 0 Å². The van der Waals surface area contributed by atoms with E-state index in [9.17, 15) is 0 Å². The van der Waals surface area contributed by atoms with Crippen LogP contribution in [0.2, 0.25) is 5.15 Å². The van der Waals surface area contributed by atoms with Crippen molar-refractivity contribution in [3.8, 4) is 0 Å². The van der Waals surface area contributed by atoms with Gasteiger partial charge in [-0.1, -0.05) is 31.4 Å². The second kappa shape index (κ2) is 6.11. The summed E-state index contributed by atoms with van der Waals surface area (Å²) in [5, 5.41) is 4.05. The van der Waals surface area contributed by atoms with Gasteiger partial charge in [-0.15, -0.1) is 0 Å². The molecule has 1 aliphatic rings. The quantitative estimate of drug-likeness (QED) is 0.836. The summed E-state index contributed by atoms with van der Waals surface area (Å²) in [6.45, 7) is 3.05. The highest BCUT2D eigenvalue weighted by atomic mass is 35.5. The lowest BCUT2D eigenvalue weighted by atomic mass is 10.1. The van der Waals surface area contributed by atoms with Crippen molar-refractivity contribution in [1.29, 1.82) is 0 Å². The van der Waals surface area contributed by atoms with Crippen molar-refractivity contribution in [2.24, 2.45) is 0 Å². The topological polar surface area (TPSA) is 37.8 Å². The number of nitrogens with zero attached hydrogens (tertiary/aromatic N) is 2. The summed E-state index contributed by atoms with van der Waals surface area (Å²) in [5.41, 5.74) is 1.02. The van der Waals surface area contributed by atoms with Gasteiger partial charge in [-0.25, -0.2) is 9.97 Å². The molecule has 1 fully saturated rings. The summed E-state index contributed by atoms with van der Waals surface area (Å²) in [6, 6.07) is 0. The SMILES string of the molecule is CCc1c(Cl)ncnc1NCC1(SC)CCCC1. The molecule has 0 bridgehead atoms. The molecule has 2 rings (SSSR count). The Morgan fingerprint density at radius 1 is 1.39 bits per heavy atom. The van der Waals surface area contributed by atoms with Crippen molar-refractivity contribution in [1.82, 2.24) is 9.97 Å². The Hall–Kier alpha value is -0.480. The van der Waals surface area contributed by atoms with Gasteiger partial charge in [0, 0.05) is 16.9 Å². The van der Waals surface area contributed by atoms with Crippen LogP contribution in [0.4, 0.5) is 5.82 Å². The predicted octanol–water partition coefficient (Wildman–Crippen LogP) is 3.78. The first-order valence-corrected chi connectivity index (χ1v) is 8.09. The lowest BCUT2D eigenvalue weighted by Crippen LogP contribution is -2.30. The number of anilines is 1. The smallest absolute Gasteiger partial charge is 0.137 e. The molecule has 100 valence electrons. The molecule has 1 aromatic rings.